The van der Waals surface area contributed by atoms with Crippen LogP contribution in [-0.2, 0) is 9.59 Å². The first kappa shape index (κ1) is 11.3. The minimum atomic E-state index is -1.15. The highest BCUT2D eigenvalue weighted by molar-refractivity contribution is 6.10. The SMILES string of the molecule is C[C@]1(C(=O)N2CCCC2)C=CC[C@H](O)C1=O. The minimum Gasteiger partial charge on any atom is -0.385 e. The highest BCUT2D eigenvalue weighted by atomic mass is 16.3. The molecule has 2 atom stereocenters. The molecular weight excluding hydrogens is 206 g/mol. The molecule has 0 unspecified atom stereocenters. The Morgan fingerprint density at radius 1 is 1.50 bits per heavy atom. The van der Waals surface area contributed by atoms with E-state index in [4.69, 9.17) is 0 Å². The lowest BCUT2D eigenvalue weighted by Gasteiger charge is -2.32. The Labute approximate surface area is 94.9 Å². The van der Waals surface area contributed by atoms with E-state index in [0.717, 1.165) is 25.9 Å². The number of carbonyl (C=O) groups excluding carboxylic acids is 2. The molecule has 1 N–H and O–H groups in total. The van der Waals surface area contributed by atoms with Gasteiger partial charge in [-0.15, -0.1) is 0 Å². The molecule has 0 spiro atoms. The molecule has 1 amide bonds. The second-order valence-corrected chi connectivity index (χ2v) is 4.72. The van der Waals surface area contributed by atoms with Crippen LogP contribution in [0.5, 0.6) is 0 Å². The summed E-state index contributed by atoms with van der Waals surface area (Å²) in [5.41, 5.74) is -1.15. The molecule has 1 aliphatic carbocycles. The van der Waals surface area contributed by atoms with Crippen molar-refractivity contribution in [3.8, 4) is 0 Å². The lowest BCUT2D eigenvalue weighted by atomic mass is 9.77. The lowest BCUT2D eigenvalue weighted by Crippen LogP contribution is -2.49. The predicted octanol–water partition coefficient (Wildman–Crippen LogP) is 0.505. The highest BCUT2D eigenvalue weighted by Crippen LogP contribution is 2.30. The Hall–Kier alpha value is -1.16. The van der Waals surface area contributed by atoms with Crippen LogP contribution in [0.3, 0.4) is 0 Å². The number of hydrogen-bond donors (Lipinski definition) is 1. The van der Waals surface area contributed by atoms with Gasteiger partial charge in [-0.3, -0.25) is 9.59 Å². The molecule has 88 valence electrons. The number of nitrogens with zero attached hydrogens (tertiary/aromatic N) is 1. The van der Waals surface area contributed by atoms with Crippen molar-refractivity contribution >= 4 is 11.7 Å². The van der Waals surface area contributed by atoms with Gasteiger partial charge in [0, 0.05) is 13.1 Å². The summed E-state index contributed by atoms with van der Waals surface area (Å²) in [7, 11) is 0. The first-order valence-corrected chi connectivity index (χ1v) is 5.75. The van der Waals surface area contributed by atoms with Gasteiger partial charge in [-0.1, -0.05) is 12.2 Å². The molecule has 1 heterocycles. The Morgan fingerprint density at radius 2 is 2.12 bits per heavy atom. The van der Waals surface area contributed by atoms with Gasteiger partial charge in [-0.05, 0) is 26.2 Å². The molecular formula is C12H17NO3. The van der Waals surface area contributed by atoms with E-state index in [-0.39, 0.29) is 11.7 Å². The van der Waals surface area contributed by atoms with Crippen molar-refractivity contribution in [2.24, 2.45) is 5.41 Å². The standard InChI is InChI=1S/C12H17NO3/c1-12(6-4-5-9(14)10(12)15)11(16)13-7-2-3-8-13/h4,6,9,14H,2-3,5,7-8H2,1H3/t9-,12-/m0/s1. The van der Waals surface area contributed by atoms with Gasteiger partial charge in [0.2, 0.25) is 5.91 Å². The van der Waals surface area contributed by atoms with Crippen LogP contribution in [0.2, 0.25) is 0 Å². The summed E-state index contributed by atoms with van der Waals surface area (Å²) < 4.78 is 0. The molecule has 0 aromatic carbocycles. The van der Waals surface area contributed by atoms with Gasteiger partial charge in [0.05, 0.1) is 0 Å². The fraction of sp³-hybridized carbons (Fsp3) is 0.667. The number of hydrogen-bond acceptors (Lipinski definition) is 3. The van der Waals surface area contributed by atoms with Gasteiger partial charge in [-0.25, -0.2) is 0 Å². The summed E-state index contributed by atoms with van der Waals surface area (Å²) in [6.07, 6.45) is 4.66. The average Bonchev–Trinajstić information content (AvgIpc) is 2.78. The monoisotopic (exact) mass is 223 g/mol. The summed E-state index contributed by atoms with van der Waals surface area (Å²) in [4.78, 5) is 25.8. The van der Waals surface area contributed by atoms with Crippen molar-refractivity contribution in [3.63, 3.8) is 0 Å². The molecule has 16 heavy (non-hydrogen) atoms. The number of rotatable bonds is 1. The maximum absolute atomic E-state index is 12.2. The molecule has 4 nitrogen and oxygen atoms in total. The highest BCUT2D eigenvalue weighted by Gasteiger charge is 2.45. The van der Waals surface area contributed by atoms with E-state index < -0.39 is 11.5 Å². The second-order valence-electron chi connectivity index (χ2n) is 4.72. The van der Waals surface area contributed by atoms with E-state index in [2.05, 4.69) is 0 Å². The number of carbonyl (C=O) groups is 2. The second kappa shape index (κ2) is 4.01. The van der Waals surface area contributed by atoms with Crippen LogP contribution in [0.25, 0.3) is 0 Å². The topological polar surface area (TPSA) is 57.6 Å². The van der Waals surface area contributed by atoms with Gasteiger partial charge in [0.25, 0.3) is 0 Å². The van der Waals surface area contributed by atoms with E-state index in [9.17, 15) is 14.7 Å². The number of amides is 1. The molecule has 2 aliphatic rings. The molecule has 4 heteroatoms. The maximum atomic E-state index is 12.2. The Kier molecular flexibility index (Phi) is 2.84. The predicted molar refractivity (Wildman–Crippen MR) is 58.7 cm³/mol. The zero-order valence-electron chi connectivity index (χ0n) is 9.48. The van der Waals surface area contributed by atoms with Crippen LogP contribution < -0.4 is 0 Å². The number of aliphatic hydroxyl groups excluding tert-OH is 1. The van der Waals surface area contributed by atoms with E-state index >= 15 is 0 Å². The number of aliphatic hydroxyl groups is 1. The van der Waals surface area contributed by atoms with E-state index in [0.29, 0.717) is 6.42 Å². The van der Waals surface area contributed by atoms with Gasteiger partial charge >= 0.3 is 0 Å². The zero-order chi connectivity index (χ0) is 11.8. The molecule has 2 rings (SSSR count). The van der Waals surface area contributed by atoms with Crippen molar-refractivity contribution in [2.45, 2.75) is 32.3 Å². The molecule has 0 bridgehead atoms. The van der Waals surface area contributed by atoms with Gasteiger partial charge < -0.3 is 10.0 Å². The zero-order valence-corrected chi connectivity index (χ0v) is 9.48. The third-order valence-electron chi connectivity index (χ3n) is 3.46. The van der Waals surface area contributed by atoms with Crippen LogP contribution in [-0.4, -0.2) is 40.9 Å². The molecule has 1 fully saturated rings. The third kappa shape index (κ3) is 1.67. The molecule has 0 aromatic rings. The van der Waals surface area contributed by atoms with Crippen LogP contribution in [0.15, 0.2) is 12.2 Å². The van der Waals surface area contributed by atoms with E-state index in [1.807, 2.05) is 0 Å². The van der Waals surface area contributed by atoms with Crippen LogP contribution >= 0.6 is 0 Å². The fourth-order valence-corrected chi connectivity index (χ4v) is 2.39. The number of ketones is 1. The van der Waals surface area contributed by atoms with Gasteiger partial charge in [0.15, 0.2) is 5.78 Å². The lowest BCUT2D eigenvalue weighted by molar-refractivity contribution is -0.149. The Morgan fingerprint density at radius 3 is 2.75 bits per heavy atom. The van der Waals surface area contributed by atoms with Crippen LogP contribution in [0.1, 0.15) is 26.2 Å². The first-order valence-electron chi connectivity index (χ1n) is 5.75. The van der Waals surface area contributed by atoms with Crippen molar-refractivity contribution < 1.29 is 14.7 Å². The largest absolute Gasteiger partial charge is 0.385 e. The number of Topliss-reactive ketones (excluding diaryl/α,β-unsaturated/α-hetero) is 1. The quantitative estimate of drug-likeness (QED) is 0.520. The van der Waals surface area contributed by atoms with E-state index in [1.165, 1.54) is 0 Å². The van der Waals surface area contributed by atoms with Crippen molar-refractivity contribution in [1.82, 2.24) is 4.90 Å². The van der Waals surface area contributed by atoms with Crippen molar-refractivity contribution in [2.75, 3.05) is 13.1 Å². The smallest absolute Gasteiger partial charge is 0.239 e. The van der Waals surface area contributed by atoms with Gasteiger partial charge in [0.1, 0.15) is 11.5 Å². The number of likely N-dealkylation sites (tertiary alicyclic amines) is 1. The van der Waals surface area contributed by atoms with Crippen molar-refractivity contribution in [3.05, 3.63) is 12.2 Å². The normalized spacial score (nSPS) is 34.5. The molecule has 1 aliphatic heterocycles. The van der Waals surface area contributed by atoms with Crippen LogP contribution in [0.4, 0.5) is 0 Å². The summed E-state index contributed by atoms with van der Waals surface area (Å²) in [5, 5.41) is 9.53. The van der Waals surface area contributed by atoms with Gasteiger partial charge in [-0.2, -0.15) is 0 Å². The third-order valence-corrected chi connectivity index (χ3v) is 3.46. The minimum absolute atomic E-state index is 0.162. The summed E-state index contributed by atoms with van der Waals surface area (Å²) in [5.74, 6) is -0.531. The maximum Gasteiger partial charge on any atom is 0.239 e. The summed E-state index contributed by atoms with van der Waals surface area (Å²) in [6.45, 7) is 3.06. The Balaban J connectivity index is 2.23. The molecule has 0 aromatic heterocycles. The first-order chi connectivity index (χ1) is 7.55. The molecule has 0 radical (unpaired) electrons. The molecule has 0 saturated carbocycles. The molecule has 1 saturated heterocycles. The van der Waals surface area contributed by atoms with Crippen LogP contribution in [0, 0.1) is 5.41 Å². The summed E-state index contributed by atoms with van der Waals surface area (Å²) >= 11 is 0. The average molecular weight is 223 g/mol. The Bertz CT molecular complexity index is 344. The summed E-state index contributed by atoms with van der Waals surface area (Å²) in [6, 6.07) is 0. The van der Waals surface area contributed by atoms with E-state index in [1.54, 1.807) is 24.0 Å². The van der Waals surface area contributed by atoms with Crippen molar-refractivity contribution in [1.29, 1.82) is 0 Å². The fourth-order valence-electron chi connectivity index (χ4n) is 2.39.